The van der Waals surface area contributed by atoms with Crippen LogP contribution < -0.4 is 0 Å². The molecule has 0 saturated heterocycles. The minimum Gasteiger partial charge on any atom is -0.391 e. The second-order valence-electron chi connectivity index (χ2n) is 10.4. The third-order valence-corrected chi connectivity index (χ3v) is 7.13. The molecule has 0 bridgehead atoms. The van der Waals surface area contributed by atoms with Gasteiger partial charge in [-0.3, -0.25) is 0 Å². The lowest BCUT2D eigenvalue weighted by Crippen LogP contribution is -2.56. The van der Waals surface area contributed by atoms with Crippen LogP contribution in [0.5, 0.6) is 0 Å². The molecule has 0 aromatic carbocycles. The molecule has 0 amide bonds. The first-order valence-electron chi connectivity index (χ1n) is 11.3. The summed E-state index contributed by atoms with van der Waals surface area (Å²) < 4.78 is 12.9. The minimum absolute atomic E-state index is 0.149. The maximum atomic E-state index is 10.5. The van der Waals surface area contributed by atoms with Crippen molar-refractivity contribution in [1.82, 2.24) is 0 Å². The predicted octanol–water partition coefficient (Wildman–Crippen LogP) is 5.20. The van der Waals surface area contributed by atoms with Crippen LogP contribution in [0.15, 0.2) is 0 Å². The fourth-order valence-corrected chi connectivity index (χ4v) is 6.32. The summed E-state index contributed by atoms with van der Waals surface area (Å²) in [5, 5.41) is 10.5. The Kier molecular flexibility index (Phi) is 7.07. The van der Waals surface area contributed by atoms with Gasteiger partial charge in [0, 0.05) is 6.61 Å². The van der Waals surface area contributed by atoms with Gasteiger partial charge in [-0.15, -0.1) is 0 Å². The molecule has 0 aromatic rings. The molecule has 5 atom stereocenters. The summed E-state index contributed by atoms with van der Waals surface area (Å²) >= 11 is 0. The fourth-order valence-electron chi connectivity index (χ4n) is 6.32. The third kappa shape index (κ3) is 4.83. The first-order valence-corrected chi connectivity index (χ1v) is 11.3. The van der Waals surface area contributed by atoms with E-state index in [1.54, 1.807) is 0 Å². The normalized spacial score (nSPS) is 39.1. The highest BCUT2D eigenvalue weighted by molar-refractivity contribution is 5.01. The molecule has 3 aliphatic rings. The summed E-state index contributed by atoms with van der Waals surface area (Å²) in [5.41, 5.74) is 0.149. The minimum atomic E-state index is -0.344. The average Bonchev–Trinajstić information content (AvgIpc) is 2.59. The molecular weight excluding hydrogens is 324 g/mol. The molecular formula is C23H42O3. The Labute approximate surface area is 161 Å². The van der Waals surface area contributed by atoms with Crippen LogP contribution in [0.1, 0.15) is 85.5 Å². The van der Waals surface area contributed by atoms with E-state index < -0.39 is 0 Å². The molecule has 3 aliphatic carbocycles. The fraction of sp³-hybridized carbons (Fsp3) is 1.00. The smallest absolute Gasteiger partial charge is 0.0778 e. The van der Waals surface area contributed by atoms with Gasteiger partial charge in [0.1, 0.15) is 0 Å². The molecule has 0 heterocycles. The Hall–Kier alpha value is -0.120. The highest BCUT2D eigenvalue weighted by Gasteiger charge is 2.52. The van der Waals surface area contributed by atoms with Gasteiger partial charge in [-0.2, -0.15) is 0 Å². The molecule has 3 fully saturated rings. The highest BCUT2D eigenvalue weighted by Crippen LogP contribution is 2.52. The SMILES string of the molecule is CCOC1C2CCCCC2C(OCC(O)CC(C)(C)C)C2CCCCC21. The number of hydrogen-bond acceptors (Lipinski definition) is 3. The molecule has 3 saturated carbocycles. The van der Waals surface area contributed by atoms with E-state index in [1.165, 1.54) is 51.4 Å². The lowest BCUT2D eigenvalue weighted by atomic mass is 9.57. The monoisotopic (exact) mass is 366 g/mol. The Morgan fingerprint density at radius 2 is 1.23 bits per heavy atom. The molecule has 26 heavy (non-hydrogen) atoms. The molecule has 3 nitrogen and oxygen atoms in total. The summed E-state index contributed by atoms with van der Waals surface area (Å²) in [6.07, 6.45) is 11.8. The van der Waals surface area contributed by atoms with Crippen LogP contribution in [-0.2, 0) is 9.47 Å². The Morgan fingerprint density at radius 1 is 0.808 bits per heavy atom. The largest absolute Gasteiger partial charge is 0.391 e. The molecule has 0 radical (unpaired) electrons. The van der Waals surface area contributed by atoms with Gasteiger partial charge in [0.15, 0.2) is 0 Å². The van der Waals surface area contributed by atoms with Crippen molar-refractivity contribution in [3.8, 4) is 0 Å². The van der Waals surface area contributed by atoms with E-state index in [1.807, 2.05) is 0 Å². The number of fused-ring (bicyclic) bond motifs is 2. The molecule has 0 aromatic heterocycles. The highest BCUT2D eigenvalue weighted by atomic mass is 16.5. The van der Waals surface area contributed by atoms with Gasteiger partial charge in [0.25, 0.3) is 0 Å². The summed E-state index contributed by atoms with van der Waals surface area (Å²) in [6.45, 7) is 10.1. The van der Waals surface area contributed by atoms with E-state index in [-0.39, 0.29) is 11.5 Å². The van der Waals surface area contributed by atoms with Gasteiger partial charge in [-0.25, -0.2) is 0 Å². The van der Waals surface area contributed by atoms with Crippen LogP contribution in [0.4, 0.5) is 0 Å². The zero-order chi connectivity index (χ0) is 18.7. The number of aliphatic hydroxyl groups is 1. The van der Waals surface area contributed by atoms with Gasteiger partial charge in [0.2, 0.25) is 0 Å². The van der Waals surface area contributed by atoms with Crippen LogP contribution in [0.25, 0.3) is 0 Å². The van der Waals surface area contributed by atoms with Crippen molar-refractivity contribution >= 4 is 0 Å². The van der Waals surface area contributed by atoms with Crippen molar-refractivity contribution in [2.45, 2.75) is 104 Å². The quantitative estimate of drug-likeness (QED) is 0.702. The summed E-state index contributed by atoms with van der Waals surface area (Å²) in [5.74, 6) is 2.63. The second-order valence-corrected chi connectivity index (χ2v) is 10.4. The summed E-state index contributed by atoms with van der Waals surface area (Å²) in [4.78, 5) is 0. The predicted molar refractivity (Wildman–Crippen MR) is 106 cm³/mol. The van der Waals surface area contributed by atoms with Gasteiger partial charge in [0.05, 0.1) is 24.9 Å². The van der Waals surface area contributed by atoms with E-state index in [0.717, 1.165) is 13.0 Å². The first kappa shape index (κ1) is 20.6. The zero-order valence-corrected chi connectivity index (χ0v) is 17.6. The van der Waals surface area contributed by atoms with Crippen LogP contribution >= 0.6 is 0 Å². The number of rotatable bonds is 6. The number of aliphatic hydroxyl groups excluding tert-OH is 1. The van der Waals surface area contributed by atoms with E-state index in [4.69, 9.17) is 9.47 Å². The standard InChI is InChI=1S/C23H42O3/c1-5-25-21-17-10-6-8-12-19(17)22(20-13-9-7-11-18(20)21)26-15-16(24)14-23(2,3)4/h16-22,24H,5-15H2,1-4H3. The molecule has 0 spiro atoms. The summed E-state index contributed by atoms with van der Waals surface area (Å²) in [6, 6.07) is 0. The van der Waals surface area contributed by atoms with Gasteiger partial charge in [-0.1, -0.05) is 46.5 Å². The van der Waals surface area contributed by atoms with Crippen molar-refractivity contribution in [1.29, 1.82) is 0 Å². The van der Waals surface area contributed by atoms with Crippen molar-refractivity contribution in [3.63, 3.8) is 0 Å². The van der Waals surface area contributed by atoms with Crippen LogP contribution in [0.3, 0.4) is 0 Å². The first-order chi connectivity index (χ1) is 12.4. The zero-order valence-electron chi connectivity index (χ0n) is 17.6. The summed E-state index contributed by atoms with van der Waals surface area (Å²) in [7, 11) is 0. The number of hydrogen-bond donors (Lipinski definition) is 1. The van der Waals surface area contributed by atoms with E-state index >= 15 is 0 Å². The topological polar surface area (TPSA) is 38.7 Å². The second kappa shape index (κ2) is 8.92. The lowest BCUT2D eigenvalue weighted by molar-refractivity contribution is -0.187. The van der Waals surface area contributed by atoms with Crippen molar-refractivity contribution in [2.24, 2.45) is 29.1 Å². The maximum Gasteiger partial charge on any atom is 0.0778 e. The lowest BCUT2D eigenvalue weighted by Gasteiger charge is -2.55. The Morgan fingerprint density at radius 3 is 1.62 bits per heavy atom. The van der Waals surface area contributed by atoms with E-state index in [0.29, 0.717) is 42.5 Å². The van der Waals surface area contributed by atoms with Crippen LogP contribution in [0, 0.1) is 29.1 Å². The maximum absolute atomic E-state index is 10.5. The van der Waals surface area contributed by atoms with Gasteiger partial charge >= 0.3 is 0 Å². The van der Waals surface area contributed by atoms with Crippen molar-refractivity contribution in [2.75, 3.05) is 13.2 Å². The van der Waals surface area contributed by atoms with E-state index in [9.17, 15) is 5.11 Å². The average molecular weight is 367 g/mol. The Bertz CT molecular complexity index is 406. The van der Waals surface area contributed by atoms with Crippen molar-refractivity contribution in [3.05, 3.63) is 0 Å². The van der Waals surface area contributed by atoms with Crippen molar-refractivity contribution < 1.29 is 14.6 Å². The molecule has 152 valence electrons. The van der Waals surface area contributed by atoms with Gasteiger partial charge in [-0.05, 0) is 68.1 Å². The molecule has 0 aliphatic heterocycles. The molecule has 3 rings (SSSR count). The molecule has 3 heteroatoms. The number of ether oxygens (including phenoxy) is 2. The Balaban J connectivity index is 1.72. The van der Waals surface area contributed by atoms with E-state index in [2.05, 4.69) is 27.7 Å². The molecule has 1 N–H and O–H groups in total. The van der Waals surface area contributed by atoms with Crippen LogP contribution in [-0.4, -0.2) is 36.6 Å². The van der Waals surface area contributed by atoms with Gasteiger partial charge < -0.3 is 14.6 Å². The molecule has 5 unspecified atom stereocenters. The van der Waals surface area contributed by atoms with Crippen LogP contribution in [0.2, 0.25) is 0 Å². The third-order valence-electron chi connectivity index (χ3n) is 7.13.